The third-order valence-corrected chi connectivity index (χ3v) is 6.57. The predicted octanol–water partition coefficient (Wildman–Crippen LogP) is 3.09. The molecular weight excluding hydrogens is 334 g/mol. The molecule has 0 spiro atoms. The molecule has 2 aromatic carbocycles. The highest BCUT2D eigenvalue weighted by Crippen LogP contribution is 2.29. The molecular formula is C20H21NO3S. The van der Waals surface area contributed by atoms with E-state index in [2.05, 4.69) is 0 Å². The van der Waals surface area contributed by atoms with Crippen molar-refractivity contribution in [2.75, 3.05) is 18.8 Å². The normalized spacial score (nSPS) is 20.3. The van der Waals surface area contributed by atoms with E-state index in [-0.39, 0.29) is 18.2 Å². The molecule has 0 aliphatic carbocycles. The fraction of sp³-hybridized carbons (Fsp3) is 0.250. The third kappa shape index (κ3) is 4.37. The van der Waals surface area contributed by atoms with Crippen molar-refractivity contribution in [2.24, 2.45) is 0 Å². The monoisotopic (exact) mass is 355 g/mol. The van der Waals surface area contributed by atoms with Crippen molar-refractivity contribution in [3.63, 3.8) is 0 Å². The number of rotatable bonds is 3. The lowest BCUT2D eigenvalue weighted by Gasteiger charge is -2.18. The van der Waals surface area contributed by atoms with E-state index >= 15 is 0 Å². The van der Waals surface area contributed by atoms with Gasteiger partial charge in [-0.15, -0.1) is 0 Å². The van der Waals surface area contributed by atoms with E-state index in [0.717, 1.165) is 11.1 Å². The molecule has 1 heterocycles. The minimum Gasteiger partial charge on any atom is -0.338 e. The number of hydrogen-bond donors (Lipinski definition) is 0. The largest absolute Gasteiger partial charge is 0.338 e. The summed E-state index contributed by atoms with van der Waals surface area (Å²) in [5, 5.41) is -0.537. The number of carbonyl (C=O) groups is 1. The Labute approximate surface area is 148 Å². The molecule has 1 aliphatic heterocycles. The van der Waals surface area contributed by atoms with Crippen molar-refractivity contribution in [3.05, 3.63) is 77.9 Å². The summed E-state index contributed by atoms with van der Waals surface area (Å²) in [6.45, 7) is 0.681. The summed E-state index contributed by atoms with van der Waals surface area (Å²) in [7, 11) is -3.26. The third-order valence-electron chi connectivity index (χ3n) is 4.44. The molecule has 1 amide bonds. The average Bonchev–Trinajstić information content (AvgIpc) is 2.79. The zero-order valence-corrected chi connectivity index (χ0v) is 14.7. The molecule has 1 atom stereocenters. The number of sulfone groups is 1. The van der Waals surface area contributed by atoms with E-state index in [1.165, 1.54) is 6.08 Å². The molecule has 3 rings (SSSR count). The standard InChI is InChI=1S/C20H21NO3S/c22-20(12-11-17-7-3-1-4-8-17)21-14-13-19(25(23,24)16-15-21)18-9-5-2-6-10-18/h1-12,19H,13-16H2/b12-11+. The Morgan fingerprint density at radius 1 is 0.960 bits per heavy atom. The first-order chi connectivity index (χ1) is 12.1. The van der Waals surface area contributed by atoms with Gasteiger partial charge < -0.3 is 4.90 Å². The minimum atomic E-state index is -3.26. The van der Waals surface area contributed by atoms with Crippen molar-refractivity contribution in [2.45, 2.75) is 11.7 Å². The molecule has 25 heavy (non-hydrogen) atoms. The van der Waals surface area contributed by atoms with Crippen LogP contribution in [0.5, 0.6) is 0 Å². The Bertz CT molecular complexity index is 845. The van der Waals surface area contributed by atoms with E-state index < -0.39 is 15.1 Å². The van der Waals surface area contributed by atoms with Crippen LogP contribution in [0.4, 0.5) is 0 Å². The number of amides is 1. The smallest absolute Gasteiger partial charge is 0.246 e. The average molecular weight is 355 g/mol. The van der Waals surface area contributed by atoms with Gasteiger partial charge in [0.05, 0.1) is 11.0 Å². The molecule has 1 saturated heterocycles. The molecule has 1 unspecified atom stereocenters. The number of benzene rings is 2. The second kappa shape index (κ2) is 7.66. The Kier molecular flexibility index (Phi) is 5.34. The van der Waals surface area contributed by atoms with Crippen LogP contribution in [0.25, 0.3) is 6.08 Å². The molecule has 4 nitrogen and oxygen atoms in total. The highest BCUT2D eigenvalue weighted by atomic mass is 32.2. The molecule has 1 fully saturated rings. The van der Waals surface area contributed by atoms with Gasteiger partial charge in [-0.3, -0.25) is 4.79 Å². The zero-order chi connectivity index (χ0) is 17.7. The number of carbonyl (C=O) groups excluding carboxylic acids is 1. The summed E-state index contributed by atoms with van der Waals surface area (Å²) in [6, 6.07) is 18.8. The van der Waals surface area contributed by atoms with Crippen LogP contribution in [0.2, 0.25) is 0 Å². The molecule has 130 valence electrons. The summed E-state index contributed by atoms with van der Waals surface area (Å²) in [5.41, 5.74) is 1.75. The van der Waals surface area contributed by atoms with Crippen molar-refractivity contribution in [1.82, 2.24) is 4.90 Å². The molecule has 5 heteroatoms. The summed E-state index contributed by atoms with van der Waals surface area (Å²) in [4.78, 5) is 14.0. The zero-order valence-electron chi connectivity index (χ0n) is 13.9. The summed E-state index contributed by atoms with van der Waals surface area (Å²) in [6.07, 6.45) is 3.71. The second-order valence-electron chi connectivity index (χ2n) is 6.12. The maximum absolute atomic E-state index is 12.6. The molecule has 2 aromatic rings. The lowest BCUT2D eigenvalue weighted by atomic mass is 10.1. The predicted molar refractivity (Wildman–Crippen MR) is 99.6 cm³/mol. The fourth-order valence-corrected chi connectivity index (χ4v) is 4.84. The quantitative estimate of drug-likeness (QED) is 0.795. The van der Waals surface area contributed by atoms with E-state index in [0.29, 0.717) is 13.0 Å². The van der Waals surface area contributed by atoms with Crippen LogP contribution in [-0.4, -0.2) is 38.1 Å². The number of hydrogen-bond acceptors (Lipinski definition) is 3. The van der Waals surface area contributed by atoms with Crippen molar-refractivity contribution < 1.29 is 13.2 Å². The van der Waals surface area contributed by atoms with Gasteiger partial charge in [-0.2, -0.15) is 0 Å². The summed E-state index contributed by atoms with van der Waals surface area (Å²) >= 11 is 0. The molecule has 0 bridgehead atoms. The Morgan fingerprint density at radius 2 is 1.60 bits per heavy atom. The van der Waals surface area contributed by atoms with Crippen LogP contribution < -0.4 is 0 Å². The Balaban J connectivity index is 1.72. The first kappa shape index (κ1) is 17.4. The van der Waals surface area contributed by atoms with Gasteiger partial charge >= 0.3 is 0 Å². The number of nitrogens with zero attached hydrogens (tertiary/aromatic N) is 1. The SMILES string of the molecule is O=C(/C=C/c1ccccc1)N1CCC(c2ccccc2)S(=O)(=O)CC1. The first-order valence-corrected chi connectivity index (χ1v) is 10.1. The minimum absolute atomic E-state index is 0.00250. The molecule has 0 radical (unpaired) electrons. The van der Waals surface area contributed by atoms with Gasteiger partial charge in [0.2, 0.25) is 5.91 Å². The first-order valence-electron chi connectivity index (χ1n) is 8.35. The lowest BCUT2D eigenvalue weighted by molar-refractivity contribution is -0.125. The maximum atomic E-state index is 12.6. The lowest BCUT2D eigenvalue weighted by Crippen LogP contribution is -2.32. The van der Waals surface area contributed by atoms with E-state index in [1.54, 1.807) is 11.0 Å². The molecule has 0 N–H and O–H groups in total. The maximum Gasteiger partial charge on any atom is 0.246 e. The van der Waals surface area contributed by atoms with Gasteiger partial charge in [-0.05, 0) is 23.6 Å². The van der Waals surface area contributed by atoms with Crippen molar-refractivity contribution >= 4 is 21.8 Å². The van der Waals surface area contributed by atoms with Gasteiger partial charge in [-0.1, -0.05) is 60.7 Å². The van der Waals surface area contributed by atoms with Crippen LogP contribution >= 0.6 is 0 Å². The van der Waals surface area contributed by atoms with Crippen LogP contribution in [-0.2, 0) is 14.6 Å². The molecule has 1 aliphatic rings. The summed E-state index contributed by atoms with van der Waals surface area (Å²) < 4.78 is 25.2. The Hall–Kier alpha value is -2.40. The molecule has 0 aromatic heterocycles. The highest BCUT2D eigenvalue weighted by molar-refractivity contribution is 7.91. The van der Waals surface area contributed by atoms with Crippen molar-refractivity contribution in [3.8, 4) is 0 Å². The van der Waals surface area contributed by atoms with E-state index in [1.807, 2.05) is 60.7 Å². The van der Waals surface area contributed by atoms with E-state index in [4.69, 9.17) is 0 Å². The van der Waals surface area contributed by atoms with Gasteiger partial charge in [0.15, 0.2) is 9.84 Å². The van der Waals surface area contributed by atoms with Crippen LogP contribution in [0.1, 0.15) is 22.8 Å². The highest BCUT2D eigenvalue weighted by Gasteiger charge is 2.32. The van der Waals surface area contributed by atoms with Crippen LogP contribution in [0.15, 0.2) is 66.7 Å². The Morgan fingerprint density at radius 3 is 2.28 bits per heavy atom. The summed E-state index contributed by atoms with van der Waals surface area (Å²) in [5.74, 6) is -0.148. The molecule has 0 saturated carbocycles. The van der Waals surface area contributed by atoms with Crippen LogP contribution in [0.3, 0.4) is 0 Å². The van der Waals surface area contributed by atoms with Gasteiger partial charge in [0, 0.05) is 19.2 Å². The van der Waals surface area contributed by atoms with E-state index in [9.17, 15) is 13.2 Å². The van der Waals surface area contributed by atoms with Gasteiger partial charge in [0.1, 0.15) is 0 Å². The second-order valence-corrected chi connectivity index (χ2v) is 8.43. The fourth-order valence-electron chi connectivity index (χ4n) is 3.04. The van der Waals surface area contributed by atoms with Gasteiger partial charge in [0.25, 0.3) is 0 Å². The topological polar surface area (TPSA) is 54.5 Å². The van der Waals surface area contributed by atoms with Gasteiger partial charge in [-0.25, -0.2) is 8.42 Å². The van der Waals surface area contributed by atoms with Crippen molar-refractivity contribution in [1.29, 1.82) is 0 Å². The van der Waals surface area contributed by atoms with Crippen LogP contribution in [0, 0.1) is 0 Å².